The molecule has 3 fully saturated rings. The molecule has 0 radical (unpaired) electrons. The third-order valence-corrected chi connectivity index (χ3v) is 6.58. The molecule has 9 heteroatoms. The summed E-state index contributed by atoms with van der Waals surface area (Å²) in [4.78, 5) is 34.5. The highest BCUT2D eigenvalue weighted by Crippen LogP contribution is 2.30. The first kappa shape index (κ1) is 18.6. The van der Waals surface area contributed by atoms with Gasteiger partial charge in [-0.25, -0.2) is 14.5 Å². The third-order valence-electron chi connectivity index (χ3n) is 6.58. The number of amides is 2. The van der Waals surface area contributed by atoms with Crippen LogP contribution < -0.4 is 16.2 Å². The third kappa shape index (κ3) is 3.63. The van der Waals surface area contributed by atoms with E-state index in [1.807, 2.05) is 4.68 Å². The van der Waals surface area contributed by atoms with Crippen LogP contribution in [-0.2, 0) is 0 Å². The normalized spacial score (nSPS) is 23.9. The lowest BCUT2D eigenvalue weighted by Crippen LogP contribution is -2.57. The molecule has 2 amide bonds. The van der Waals surface area contributed by atoms with Crippen molar-refractivity contribution in [3.8, 4) is 0 Å². The number of hydrogen-bond acceptors (Lipinski definition) is 5. The van der Waals surface area contributed by atoms with E-state index < -0.39 is 0 Å². The first-order chi connectivity index (χ1) is 14.2. The molecule has 29 heavy (non-hydrogen) atoms. The van der Waals surface area contributed by atoms with Crippen LogP contribution in [0.4, 0.5) is 4.79 Å². The van der Waals surface area contributed by atoms with E-state index in [9.17, 15) is 9.59 Å². The number of H-pyrrole nitrogens is 1. The lowest BCUT2D eigenvalue weighted by molar-refractivity contribution is 0.143. The van der Waals surface area contributed by atoms with E-state index in [1.54, 1.807) is 11.1 Å². The van der Waals surface area contributed by atoms with Gasteiger partial charge in [-0.2, -0.15) is 5.10 Å². The number of nitrogens with one attached hydrogen (secondary N) is 3. The Kier molecular flexibility index (Phi) is 4.99. The second-order valence-corrected chi connectivity index (χ2v) is 8.66. The largest absolute Gasteiger partial charge is 0.334 e. The van der Waals surface area contributed by atoms with E-state index >= 15 is 0 Å². The molecule has 3 aliphatic rings. The van der Waals surface area contributed by atoms with Crippen LogP contribution in [0.1, 0.15) is 62.7 Å². The van der Waals surface area contributed by atoms with Crippen LogP contribution in [0.25, 0.3) is 11.0 Å². The second kappa shape index (κ2) is 7.78. The quantitative estimate of drug-likeness (QED) is 0.725. The van der Waals surface area contributed by atoms with Crippen LogP contribution in [0, 0.1) is 0 Å². The molecular weight excluding hydrogens is 370 g/mol. The average molecular weight is 399 g/mol. The Hall–Kier alpha value is -2.42. The summed E-state index contributed by atoms with van der Waals surface area (Å²) in [5.41, 5.74) is 0.551. The molecule has 1 aliphatic carbocycles. The van der Waals surface area contributed by atoms with Crippen LogP contribution in [-0.4, -0.2) is 62.9 Å². The van der Waals surface area contributed by atoms with Gasteiger partial charge >= 0.3 is 6.03 Å². The van der Waals surface area contributed by atoms with Crippen molar-refractivity contribution in [1.82, 2.24) is 35.3 Å². The van der Waals surface area contributed by atoms with Gasteiger partial charge in [-0.05, 0) is 32.2 Å². The number of carbonyl (C=O) groups excluding carboxylic acids is 1. The number of aromatic amines is 1. The van der Waals surface area contributed by atoms with Gasteiger partial charge in [0.15, 0.2) is 5.65 Å². The molecule has 1 atom stereocenters. The summed E-state index contributed by atoms with van der Waals surface area (Å²) >= 11 is 0. The number of urea groups is 1. The SMILES string of the molecule is O=C(NC1CCCNC1)N1CC(c2nc3c(cnn3C3CCCCC3)c(=O)[nH]2)C1. The molecule has 5 rings (SSSR count). The molecule has 2 aliphatic heterocycles. The topological polar surface area (TPSA) is 108 Å². The molecule has 2 aromatic heterocycles. The number of carbonyl (C=O) groups is 1. The van der Waals surface area contributed by atoms with Gasteiger partial charge in [0.25, 0.3) is 5.56 Å². The van der Waals surface area contributed by atoms with E-state index in [0.717, 1.165) is 38.8 Å². The van der Waals surface area contributed by atoms with Crippen molar-refractivity contribution in [2.24, 2.45) is 0 Å². The minimum atomic E-state index is -0.136. The Morgan fingerprint density at radius 1 is 1.14 bits per heavy atom. The standard InChI is InChI=1S/C20H29N7O2/c28-19-16-10-22-27(15-6-2-1-3-7-15)18(16)24-17(25-19)13-11-26(12-13)20(29)23-14-5-4-8-21-9-14/h10,13-15,21H,1-9,11-12H2,(H,23,29)(H,24,25,28). The molecule has 2 aromatic rings. The molecule has 3 N–H and O–H groups in total. The predicted octanol–water partition coefficient (Wildman–Crippen LogP) is 1.49. The zero-order chi connectivity index (χ0) is 19.8. The van der Waals surface area contributed by atoms with E-state index in [4.69, 9.17) is 4.98 Å². The molecule has 4 heterocycles. The van der Waals surface area contributed by atoms with Gasteiger partial charge < -0.3 is 20.5 Å². The Balaban J connectivity index is 1.28. The maximum Gasteiger partial charge on any atom is 0.317 e. The number of fused-ring (bicyclic) bond motifs is 1. The fraction of sp³-hybridized carbons (Fsp3) is 0.700. The van der Waals surface area contributed by atoms with Gasteiger partial charge in [-0.15, -0.1) is 0 Å². The average Bonchev–Trinajstić information content (AvgIpc) is 3.13. The monoisotopic (exact) mass is 399 g/mol. The lowest BCUT2D eigenvalue weighted by atomic mass is 9.96. The van der Waals surface area contributed by atoms with Gasteiger partial charge in [0, 0.05) is 25.7 Å². The second-order valence-electron chi connectivity index (χ2n) is 8.66. The molecule has 156 valence electrons. The van der Waals surface area contributed by atoms with E-state index in [-0.39, 0.29) is 23.6 Å². The maximum absolute atomic E-state index is 12.6. The van der Waals surface area contributed by atoms with Crippen molar-refractivity contribution >= 4 is 17.1 Å². The van der Waals surface area contributed by atoms with Crippen molar-refractivity contribution in [2.75, 3.05) is 26.2 Å². The molecule has 0 aromatic carbocycles. The summed E-state index contributed by atoms with van der Waals surface area (Å²) < 4.78 is 1.95. The highest BCUT2D eigenvalue weighted by Gasteiger charge is 2.35. The van der Waals surface area contributed by atoms with E-state index in [2.05, 4.69) is 20.7 Å². The van der Waals surface area contributed by atoms with Gasteiger partial charge in [0.1, 0.15) is 11.2 Å². The van der Waals surface area contributed by atoms with Crippen LogP contribution in [0.15, 0.2) is 11.0 Å². The fourth-order valence-corrected chi connectivity index (χ4v) is 4.80. The summed E-state index contributed by atoms with van der Waals surface area (Å²) in [6.45, 7) is 3.02. The first-order valence-corrected chi connectivity index (χ1v) is 10.9. The number of likely N-dealkylation sites (tertiary alicyclic amines) is 1. The molecule has 2 saturated heterocycles. The molecule has 1 unspecified atom stereocenters. The van der Waals surface area contributed by atoms with Gasteiger partial charge in [-0.3, -0.25) is 4.79 Å². The minimum absolute atomic E-state index is 0.0226. The number of nitrogens with zero attached hydrogens (tertiary/aromatic N) is 4. The fourth-order valence-electron chi connectivity index (χ4n) is 4.80. The minimum Gasteiger partial charge on any atom is -0.334 e. The predicted molar refractivity (Wildman–Crippen MR) is 109 cm³/mol. The highest BCUT2D eigenvalue weighted by molar-refractivity contribution is 5.76. The Morgan fingerprint density at radius 2 is 1.97 bits per heavy atom. The highest BCUT2D eigenvalue weighted by atomic mass is 16.2. The molecular formula is C20H29N7O2. The molecule has 1 saturated carbocycles. The summed E-state index contributed by atoms with van der Waals surface area (Å²) in [6, 6.07) is 0.510. The number of hydrogen-bond donors (Lipinski definition) is 3. The lowest BCUT2D eigenvalue weighted by Gasteiger charge is -2.39. The summed E-state index contributed by atoms with van der Waals surface area (Å²) in [6.07, 6.45) is 9.60. The smallest absolute Gasteiger partial charge is 0.317 e. The van der Waals surface area contributed by atoms with E-state index in [0.29, 0.717) is 36.0 Å². The summed E-state index contributed by atoms with van der Waals surface area (Å²) in [5, 5.41) is 11.5. The summed E-state index contributed by atoms with van der Waals surface area (Å²) in [5.74, 6) is 0.737. The Morgan fingerprint density at radius 3 is 2.72 bits per heavy atom. The maximum atomic E-state index is 12.6. The van der Waals surface area contributed by atoms with Gasteiger partial charge in [0.05, 0.1) is 18.2 Å². The number of aromatic nitrogens is 4. The van der Waals surface area contributed by atoms with Gasteiger partial charge in [-0.1, -0.05) is 19.3 Å². The van der Waals surface area contributed by atoms with Crippen molar-refractivity contribution in [1.29, 1.82) is 0 Å². The molecule has 0 spiro atoms. The molecule has 0 bridgehead atoms. The van der Waals surface area contributed by atoms with Crippen molar-refractivity contribution in [3.63, 3.8) is 0 Å². The van der Waals surface area contributed by atoms with E-state index in [1.165, 1.54) is 19.3 Å². The number of rotatable bonds is 3. The van der Waals surface area contributed by atoms with Crippen LogP contribution in [0.2, 0.25) is 0 Å². The Bertz CT molecular complexity index is 934. The van der Waals surface area contributed by atoms with Crippen LogP contribution >= 0.6 is 0 Å². The van der Waals surface area contributed by atoms with Crippen molar-refractivity contribution in [2.45, 2.75) is 62.9 Å². The van der Waals surface area contributed by atoms with Gasteiger partial charge in [0.2, 0.25) is 0 Å². The van der Waals surface area contributed by atoms with Crippen LogP contribution in [0.3, 0.4) is 0 Å². The molecule has 9 nitrogen and oxygen atoms in total. The van der Waals surface area contributed by atoms with Crippen LogP contribution in [0.5, 0.6) is 0 Å². The zero-order valence-electron chi connectivity index (χ0n) is 16.7. The van der Waals surface area contributed by atoms with Crippen molar-refractivity contribution in [3.05, 3.63) is 22.4 Å². The zero-order valence-corrected chi connectivity index (χ0v) is 16.7. The summed E-state index contributed by atoms with van der Waals surface area (Å²) in [7, 11) is 0. The Labute approximate surface area is 169 Å². The first-order valence-electron chi connectivity index (χ1n) is 10.9. The van der Waals surface area contributed by atoms with Crippen molar-refractivity contribution < 1.29 is 4.79 Å². The number of piperidine rings is 1.